The minimum atomic E-state index is -0.276. The number of nitrogen functional groups attached to an aromatic ring is 1. The molecule has 1 amide bonds. The van der Waals surface area contributed by atoms with Crippen molar-refractivity contribution < 1.29 is 9.53 Å². The Balaban J connectivity index is 2.11. The summed E-state index contributed by atoms with van der Waals surface area (Å²) in [7, 11) is 1.50. The van der Waals surface area contributed by atoms with Gasteiger partial charge in [-0.05, 0) is 35.9 Å². The molecule has 0 aromatic heterocycles. The Hall–Kier alpha value is -3.00. The van der Waals surface area contributed by atoms with E-state index >= 15 is 0 Å². The van der Waals surface area contributed by atoms with Gasteiger partial charge in [0.25, 0.3) is 5.91 Å². The SMILES string of the molecule is COc1ccc(N)cc1C(=O)NCc1cccc(C#N)c1. The Labute approximate surface area is 123 Å². The molecule has 0 atom stereocenters. The highest BCUT2D eigenvalue weighted by Crippen LogP contribution is 2.21. The van der Waals surface area contributed by atoms with Crippen molar-refractivity contribution in [2.24, 2.45) is 0 Å². The van der Waals surface area contributed by atoms with Gasteiger partial charge in [0.15, 0.2) is 0 Å². The van der Waals surface area contributed by atoms with Gasteiger partial charge in [-0.2, -0.15) is 5.26 Å². The first kappa shape index (κ1) is 14.4. The molecule has 0 aliphatic rings. The predicted octanol–water partition coefficient (Wildman–Crippen LogP) is 2.08. The number of hydrogen-bond acceptors (Lipinski definition) is 4. The zero-order chi connectivity index (χ0) is 15.2. The van der Waals surface area contributed by atoms with Crippen LogP contribution in [0.3, 0.4) is 0 Å². The number of methoxy groups -OCH3 is 1. The largest absolute Gasteiger partial charge is 0.496 e. The molecule has 0 saturated carbocycles. The monoisotopic (exact) mass is 281 g/mol. The van der Waals surface area contributed by atoms with Gasteiger partial charge in [-0.1, -0.05) is 12.1 Å². The van der Waals surface area contributed by atoms with Crippen molar-refractivity contribution in [3.05, 3.63) is 59.2 Å². The molecule has 0 unspecified atom stereocenters. The molecule has 0 fully saturated rings. The van der Waals surface area contributed by atoms with Crippen LogP contribution in [0.4, 0.5) is 5.69 Å². The van der Waals surface area contributed by atoms with Crippen molar-refractivity contribution in [2.45, 2.75) is 6.54 Å². The van der Waals surface area contributed by atoms with Gasteiger partial charge in [0.2, 0.25) is 0 Å². The van der Waals surface area contributed by atoms with E-state index in [-0.39, 0.29) is 5.91 Å². The minimum absolute atomic E-state index is 0.276. The second-order valence-corrected chi connectivity index (χ2v) is 4.45. The number of rotatable bonds is 4. The summed E-state index contributed by atoms with van der Waals surface area (Å²) in [4.78, 5) is 12.2. The van der Waals surface area contributed by atoms with Crippen molar-refractivity contribution in [1.29, 1.82) is 5.26 Å². The first-order valence-corrected chi connectivity index (χ1v) is 6.35. The van der Waals surface area contributed by atoms with Crippen LogP contribution in [0.1, 0.15) is 21.5 Å². The van der Waals surface area contributed by atoms with E-state index < -0.39 is 0 Å². The van der Waals surface area contributed by atoms with Gasteiger partial charge in [-0.25, -0.2) is 0 Å². The average Bonchev–Trinajstić information content (AvgIpc) is 2.52. The molecule has 0 bridgehead atoms. The number of nitrogens with two attached hydrogens (primary N) is 1. The van der Waals surface area contributed by atoms with E-state index in [0.717, 1.165) is 5.56 Å². The van der Waals surface area contributed by atoms with Crippen LogP contribution in [-0.4, -0.2) is 13.0 Å². The van der Waals surface area contributed by atoms with Gasteiger partial charge < -0.3 is 15.8 Å². The molecular formula is C16H15N3O2. The third kappa shape index (κ3) is 3.51. The number of ether oxygens (including phenoxy) is 1. The van der Waals surface area contributed by atoms with Crippen molar-refractivity contribution in [3.8, 4) is 11.8 Å². The summed E-state index contributed by atoms with van der Waals surface area (Å²) in [5, 5.41) is 11.6. The van der Waals surface area contributed by atoms with Crippen LogP contribution in [0.2, 0.25) is 0 Å². The quantitative estimate of drug-likeness (QED) is 0.840. The fraction of sp³-hybridized carbons (Fsp3) is 0.125. The number of anilines is 1. The number of carbonyl (C=O) groups excluding carboxylic acids is 1. The van der Waals surface area contributed by atoms with Crippen LogP contribution in [-0.2, 0) is 6.54 Å². The lowest BCUT2D eigenvalue weighted by atomic mass is 10.1. The Morgan fingerprint density at radius 1 is 1.33 bits per heavy atom. The van der Waals surface area contributed by atoms with Gasteiger partial charge >= 0.3 is 0 Å². The van der Waals surface area contributed by atoms with E-state index in [0.29, 0.717) is 29.1 Å². The Morgan fingerprint density at radius 2 is 2.14 bits per heavy atom. The summed E-state index contributed by atoms with van der Waals surface area (Å²) >= 11 is 0. The highest BCUT2D eigenvalue weighted by atomic mass is 16.5. The fourth-order valence-electron chi connectivity index (χ4n) is 1.93. The molecule has 0 aliphatic carbocycles. The maximum atomic E-state index is 12.2. The van der Waals surface area contributed by atoms with Gasteiger partial charge in [0, 0.05) is 12.2 Å². The first-order valence-electron chi connectivity index (χ1n) is 6.35. The number of carbonyl (C=O) groups is 1. The molecule has 0 heterocycles. The lowest BCUT2D eigenvalue weighted by Gasteiger charge is -2.10. The van der Waals surface area contributed by atoms with E-state index in [2.05, 4.69) is 11.4 Å². The molecule has 2 aromatic rings. The minimum Gasteiger partial charge on any atom is -0.496 e. The molecule has 0 radical (unpaired) electrons. The van der Waals surface area contributed by atoms with Crippen LogP contribution in [0.15, 0.2) is 42.5 Å². The zero-order valence-electron chi connectivity index (χ0n) is 11.6. The third-order valence-corrected chi connectivity index (χ3v) is 2.98. The smallest absolute Gasteiger partial charge is 0.255 e. The molecule has 2 rings (SSSR count). The molecule has 5 heteroatoms. The average molecular weight is 281 g/mol. The van der Waals surface area contributed by atoms with Crippen molar-refractivity contribution in [2.75, 3.05) is 12.8 Å². The molecule has 2 aromatic carbocycles. The second-order valence-electron chi connectivity index (χ2n) is 4.45. The highest BCUT2D eigenvalue weighted by Gasteiger charge is 2.12. The highest BCUT2D eigenvalue weighted by molar-refractivity contribution is 5.97. The van der Waals surface area contributed by atoms with Gasteiger partial charge in [0.1, 0.15) is 5.75 Å². The maximum Gasteiger partial charge on any atom is 0.255 e. The summed E-state index contributed by atoms with van der Waals surface area (Å²) in [5.41, 5.74) is 7.98. The molecule has 21 heavy (non-hydrogen) atoms. The van der Waals surface area contributed by atoms with Crippen LogP contribution in [0.25, 0.3) is 0 Å². The summed E-state index contributed by atoms with van der Waals surface area (Å²) in [6.07, 6.45) is 0. The Morgan fingerprint density at radius 3 is 2.86 bits per heavy atom. The number of amides is 1. The summed E-state index contributed by atoms with van der Waals surface area (Å²) < 4.78 is 5.15. The molecule has 106 valence electrons. The third-order valence-electron chi connectivity index (χ3n) is 2.98. The van der Waals surface area contributed by atoms with Crippen LogP contribution in [0, 0.1) is 11.3 Å². The van der Waals surface area contributed by atoms with Crippen LogP contribution < -0.4 is 15.8 Å². The molecular weight excluding hydrogens is 266 g/mol. The second kappa shape index (κ2) is 6.44. The summed E-state index contributed by atoms with van der Waals surface area (Å²) in [6.45, 7) is 0.326. The molecule has 0 spiro atoms. The van der Waals surface area contributed by atoms with E-state index in [4.69, 9.17) is 15.7 Å². The molecule has 5 nitrogen and oxygen atoms in total. The number of nitrogens with one attached hydrogen (secondary N) is 1. The zero-order valence-corrected chi connectivity index (χ0v) is 11.6. The summed E-state index contributed by atoms with van der Waals surface area (Å²) in [6, 6.07) is 14.0. The first-order chi connectivity index (χ1) is 10.1. The van der Waals surface area contributed by atoms with E-state index in [1.165, 1.54) is 7.11 Å². The molecule has 0 aliphatic heterocycles. The van der Waals surface area contributed by atoms with Gasteiger partial charge in [-0.15, -0.1) is 0 Å². The molecule has 3 N–H and O–H groups in total. The van der Waals surface area contributed by atoms with Gasteiger partial charge in [0.05, 0.1) is 24.3 Å². The molecule has 0 saturated heterocycles. The van der Waals surface area contributed by atoms with Crippen molar-refractivity contribution in [1.82, 2.24) is 5.32 Å². The van der Waals surface area contributed by atoms with E-state index in [9.17, 15) is 4.79 Å². The fourth-order valence-corrected chi connectivity index (χ4v) is 1.93. The number of nitriles is 1. The summed E-state index contributed by atoms with van der Waals surface area (Å²) in [5.74, 6) is 0.189. The number of benzene rings is 2. The number of hydrogen-bond donors (Lipinski definition) is 2. The number of nitrogens with zero attached hydrogens (tertiary/aromatic N) is 1. The topological polar surface area (TPSA) is 88.1 Å². The van der Waals surface area contributed by atoms with Crippen LogP contribution >= 0.6 is 0 Å². The Kier molecular flexibility index (Phi) is 4.42. The lowest BCUT2D eigenvalue weighted by Crippen LogP contribution is -2.23. The van der Waals surface area contributed by atoms with E-state index in [1.807, 2.05) is 6.07 Å². The lowest BCUT2D eigenvalue weighted by molar-refractivity contribution is 0.0948. The maximum absolute atomic E-state index is 12.2. The van der Waals surface area contributed by atoms with Crippen molar-refractivity contribution >= 4 is 11.6 Å². The standard InChI is InChI=1S/C16H15N3O2/c1-21-15-6-5-13(18)8-14(15)16(20)19-10-12-4-2-3-11(7-12)9-17/h2-8H,10,18H2,1H3,(H,19,20). The van der Waals surface area contributed by atoms with E-state index in [1.54, 1.807) is 36.4 Å². The van der Waals surface area contributed by atoms with Gasteiger partial charge in [-0.3, -0.25) is 4.79 Å². The van der Waals surface area contributed by atoms with Crippen LogP contribution in [0.5, 0.6) is 5.75 Å². The normalized spacial score (nSPS) is 9.71. The Bertz CT molecular complexity index is 705. The van der Waals surface area contributed by atoms with Crippen molar-refractivity contribution in [3.63, 3.8) is 0 Å². The predicted molar refractivity (Wildman–Crippen MR) is 79.7 cm³/mol.